The monoisotopic (exact) mass is 418 g/mol. The fourth-order valence-corrected chi connectivity index (χ4v) is 2.75. The molecule has 2 rings (SSSR count). The normalized spacial score (nSPS) is 16.8. The lowest BCUT2D eigenvalue weighted by atomic mass is 10.0. The van der Waals surface area contributed by atoms with Gasteiger partial charge in [-0.05, 0) is 32.3 Å². The molecule has 1 aliphatic rings. The van der Waals surface area contributed by atoms with Gasteiger partial charge in [0.05, 0.1) is 12.2 Å². The maximum atomic E-state index is 12.4. The predicted octanol–water partition coefficient (Wildman–Crippen LogP) is 2.12. The second kappa shape index (κ2) is 10.1. The number of nitrogens with zero attached hydrogens (tertiary/aromatic N) is 2. The highest BCUT2D eigenvalue weighted by Crippen LogP contribution is 2.19. The summed E-state index contributed by atoms with van der Waals surface area (Å²) in [4.78, 5) is 41.4. The SMILES string of the molecule is CCOC(=O)C1CCCCN1C(=O)COC(=O)c1ccc(OCC(F)(F)F)nc1. The number of halogens is 3. The summed E-state index contributed by atoms with van der Waals surface area (Å²) in [6, 6.07) is 1.56. The molecule has 0 aliphatic carbocycles. The summed E-state index contributed by atoms with van der Waals surface area (Å²) in [7, 11) is 0. The van der Waals surface area contributed by atoms with Crippen molar-refractivity contribution in [3.05, 3.63) is 23.9 Å². The Morgan fingerprint density at radius 3 is 2.59 bits per heavy atom. The molecule has 0 saturated carbocycles. The Kier molecular flexibility index (Phi) is 7.80. The van der Waals surface area contributed by atoms with Crippen LogP contribution < -0.4 is 4.74 Å². The van der Waals surface area contributed by atoms with E-state index in [1.807, 2.05) is 0 Å². The van der Waals surface area contributed by atoms with Gasteiger partial charge in [0.1, 0.15) is 6.04 Å². The van der Waals surface area contributed by atoms with Crippen LogP contribution in [0.5, 0.6) is 5.88 Å². The number of rotatable bonds is 7. The minimum atomic E-state index is -4.50. The molecule has 0 radical (unpaired) electrons. The molecule has 11 heteroatoms. The summed E-state index contributed by atoms with van der Waals surface area (Å²) in [6.45, 7) is 0.133. The number of likely N-dealkylation sites (tertiary alicyclic amines) is 1. The van der Waals surface area contributed by atoms with E-state index in [0.29, 0.717) is 13.0 Å². The summed E-state index contributed by atoms with van der Waals surface area (Å²) in [5.41, 5.74) is -0.0576. The van der Waals surface area contributed by atoms with E-state index in [0.717, 1.165) is 25.1 Å². The van der Waals surface area contributed by atoms with Crippen LogP contribution in [0.2, 0.25) is 0 Å². The molecule has 1 fully saturated rings. The van der Waals surface area contributed by atoms with Crippen molar-refractivity contribution >= 4 is 17.8 Å². The maximum Gasteiger partial charge on any atom is 0.422 e. The fraction of sp³-hybridized carbons (Fsp3) is 0.556. The Hall–Kier alpha value is -2.85. The first kappa shape index (κ1) is 22.4. The minimum absolute atomic E-state index is 0.0576. The van der Waals surface area contributed by atoms with E-state index in [-0.39, 0.29) is 18.1 Å². The van der Waals surface area contributed by atoms with Crippen LogP contribution in [0.1, 0.15) is 36.5 Å². The average molecular weight is 418 g/mol. The van der Waals surface area contributed by atoms with Crippen LogP contribution in [-0.2, 0) is 19.1 Å². The molecule has 0 bridgehead atoms. The number of ether oxygens (including phenoxy) is 3. The number of pyridine rings is 1. The number of amides is 1. The molecule has 29 heavy (non-hydrogen) atoms. The van der Waals surface area contributed by atoms with Crippen molar-refractivity contribution in [3.63, 3.8) is 0 Å². The maximum absolute atomic E-state index is 12.4. The molecule has 160 valence electrons. The van der Waals surface area contributed by atoms with Crippen molar-refractivity contribution in [1.29, 1.82) is 0 Å². The number of esters is 2. The Morgan fingerprint density at radius 2 is 1.97 bits per heavy atom. The van der Waals surface area contributed by atoms with Gasteiger partial charge >= 0.3 is 18.1 Å². The zero-order valence-corrected chi connectivity index (χ0v) is 15.7. The second-order valence-electron chi connectivity index (χ2n) is 6.22. The number of hydrogen-bond donors (Lipinski definition) is 0. The van der Waals surface area contributed by atoms with Gasteiger partial charge < -0.3 is 19.1 Å². The molecular weight excluding hydrogens is 397 g/mol. The largest absolute Gasteiger partial charge is 0.468 e. The minimum Gasteiger partial charge on any atom is -0.468 e. The van der Waals surface area contributed by atoms with E-state index in [1.165, 1.54) is 11.0 Å². The summed E-state index contributed by atoms with van der Waals surface area (Å²) < 4.78 is 50.7. The van der Waals surface area contributed by atoms with E-state index in [4.69, 9.17) is 9.47 Å². The molecule has 0 N–H and O–H groups in total. The van der Waals surface area contributed by atoms with Gasteiger partial charge in [0.2, 0.25) is 5.88 Å². The van der Waals surface area contributed by atoms with E-state index in [1.54, 1.807) is 6.92 Å². The van der Waals surface area contributed by atoms with Crippen molar-refractivity contribution < 1.29 is 41.8 Å². The molecule has 1 unspecified atom stereocenters. The third-order valence-corrected chi connectivity index (χ3v) is 4.06. The molecular formula is C18H21F3N2O6. The third kappa shape index (κ3) is 6.91. The first-order valence-corrected chi connectivity index (χ1v) is 9.00. The standard InChI is InChI=1S/C18H21F3N2O6/c1-2-27-17(26)13-5-3-4-8-23(13)15(24)10-28-16(25)12-6-7-14(22-9-12)29-11-18(19,20)21/h6-7,9,13H,2-5,8,10-11H2,1H3. The topological polar surface area (TPSA) is 95.0 Å². The number of carbonyl (C=O) groups is 3. The molecule has 1 saturated heterocycles. The number of hydrogen-bond acceptors (Lipinski definition) is 7. The second-order valence-corrected chi connectivity index (χ2v) is 6.22. The van der Waals surface area contributed by atoms with Crippen LogP contribution in [0.4, 0.5) is 13.2 Å². The zero-order chi connectivity index (χ0) is 21.4. The van der Waals surface area contributed by atoms with Crippen molar-refractivity contribution in [2.24, 2.45) is 0 Å². The van der Waals surface area contributed by atoms with Crippen LogP contribution in [-0.4, -0.2) is 66.3 Å². The lowest BCUT2D eigenvalue weighted by Crippen LogP contribution is -2.50. The van der Waals surface area contributed by atoms with E-state index < -0.39 is 43.3 Å². The number of piperidine rings is 1. The van der Waals surface area contributed by atoms with Gasteiger partial charge in [-0.1, -0.05) is 0 Å². The van der Waals surface area contributed by atoms with Crippen molar-refractivity contribution in [3.8, 4) is 5.88 Å². The van der Waals surface area contributed by atoms with Crippen molar-refractivity contribution in [2.45, 2.75) is 38.4 Å². The first-order valence-electron chi connectivity index (χ1n) is 9.00. The highest BCUT2D eigenvalue weighted by molar-refractivity contribution is 5.92. The van der Waals surface area contributed by atoms with Gasteiger partial charge in [0, 0.05) is 18.8 Å². The predicted molar refractivity (Wildman–Crippen MR) is 92.1 cm³/mol. The molecule has 2 heterocycles. The van der Waals surface area contributed by atoms with E-state index >= 15 is 0 Å². The number of alkyl halides is 3. The fourth-order valence-electron chi connectivity index (χ4n) is 2.75. The van der Waals surface area contributed by atoms with Crippen molar-refractivity contribution in [1.82, 2.24) is 9.88 Å². The van der Waals surface area contributed by atoms with Crippen molar-refractivity contribution in [2.75, 3.05) is 26.4 Å². The van der Waals surface area contributed by atoms with E-state index in [2.05, 4.69) is 9.72 Å². The van der Waals surface area contributed by atoms with E-state index in [9.17, 15) is 27.6 Å². The highest BCUT2D eigenvalue weighted by atomic mass is 19.4. The number of aromatic nitrogens is 1. The van der Waals surface area contributed by atoms with Gasteiger partial charge in [-0.25, -0.2) is 14.6 Å². The molecule has 8 nitrogen and oxygen atoms in total. The molecule has 1 aliphatic heterocycles. The average Bonchev–Trinajstić information content (AvgIpc) is 2.70. The number of carbonyl (C=O) groups excluding carboxylic acids is 3. The van der Waals surface area contributed by atoms with Gasteiger partial charge in [-0.3, -0.25) is 4.79 Å². The summed E-state index contributed by atoms with van der Waals surface area (Å²) in [5.74, 6) is -2.21. The lowest BCUT2D eigenvalue weighted by molar-refractivity contribution is -0.157. The Bertz CT molecular complexity index is 723. The summed E-state index contributed by atoms with van der Waals surface area (Å²) >= 11 is 0. The molecule has 0 spiro atoms. The molecule has 1 amide bonds. The summed E-state index contributed by atoms with van der Waals surface area (Å²) in [6.07, 6.45) is -1.54. The zero-order valence-electron chi connectivity index (χ0n) is 15.7. The molecule has 1 aromatic heterocycles. The third-order valence-electron chi connectivity index (χ3n) is 4.06. The van der Waals surface area contributed by atoms with Gasteiger partial charge in [0.15, 0.2) is 13.2 Å². The van der Waals surface area contributed by atoms with Crippen LogP contribution in [0, 0.1) is 0 Å². The quantitative estimate of drug-likeness (QED) is 0.626. The smallest absolute Gasteiger partial charge is 0.422 e. The Labute approximate surface area is 164 Å². The van der Waals surface area contributed by atoms with Crippen LogP contribution >= 0.6 is 0 Å². The lowest BCUT2D eigenvalue weighted by Gasteiger charge is -2.33. The Morgan fingerprint density at radius 1 is 1.21 bits per heavy atom. The first-order chi connectivity index (χ1) is 13.7. The van der Waals surface area contributed by atoms with Crippen LogP contribution in [0.15, 0.2) is 18.3 Å². The molecule has 0 aromatic carbocycles. The summed E-state index contributed by atoms with van der Waals surface area (Å²) in [5, 5.41) is 0. The van der Waals surface area contributed by atoms with Crippen LogP contribution in [0.25, 0.3) is 0 Å². The van der Waals surface area contributed by atoms with Crippen LogP contribution in [0.3, 0.4) is 0 Å². The highest BCUT2D eigenvalue weighted by Gasteiger charge is 2.33. The molecule has 1 atom stereocenters. The Balaban J connectivity index is 1.88. The van der Waals surface area contributed by atoms with Gasteiger partial charge in [0.25, 0.3) is 5.91 Å². The molecule has 1 aromatic rings. The van der Waals surface area contributed by atoms with Gasteiger partial charge in [-0.15, -0.1) is 0 Å². The van der Waals surface area contributed by atoms with Gasteiger partial charge in [-0.2, -0.15) is 13.2 Å².